The summed E-state index contributed by atoms with van der Waals surface area (Å²) < 4.78 is 2.21. The zero-order valence-electron chi connectivity index (χ0n) is 31.6. The van der Waals surface area contributed by atoms with E-state index in [9.17, 15) is 0 Å². The van der Waals surface area contributed by atoms with E-state index in [1.165, 1.54) is 79.9 Å². The van der Waals surface area contributed by atoms with Crippen LogP contribution in [-0.2, 0) is 46.9 Å². The quantitative estimate of drug-likeness (QED) is 0.218. The molecule has 2 aliphatic carbocycles. The molecule has 0 N–H and O–H groups in total. The summed E-state index contributed by atoms with van der Waals surface area (Å²) in [7, 11) is 0. The van der Waals surface area contributed by atoms with Crippen molar-refractivity contribution in [1.82, 2.24) is 0 Å². The van der Waals surface area contributed by atoms with Crippen LogP contribution >= 0.6 is 0 Å². The van der Waals surface area contributed by atoms with Crippen LogP contribution in [-0.4, -0.2) is 3.71 Å². The maximum Gasteiger partial charge on any atom is -0.0642 e. The molecule has 0 bridgehead atoms. The van der Waals surface area contributed by atoms with E-state index in [0.717, 1.165) is 12.8 Å². The van der Waals surface area contributed by atoms with Gasteiger partial charge in [-0.25, -0.2) is 5.57 Å². The summed E-state index contributed by atoms with van der Waals surface area (Å²) in [4.78, 5) is 0. The zero-order chi connectivity index (χ0) is 34.0. The van der Waals surface area contributed by atoms with E-state index in [2.05, 4.69) is 173 Å². The van der Waals surface area contributed by atoms with Crippen molar-refractivity contribution in [1.29, 1.82) is 0 Å². The molecule has 47 heavy (non-hydrogen) atoms. The van der Waals surface area contributed by atoms with Crippen molar-refractivity contribution >= 4 is 3.71 Å². The molecule has 0 saturated heterocycles. The summed E-state index contributed by atoms with van der Waals surface area (Å²) in [6.45, 7) is 31.5. The van der Waals surface area contributed by atoms with Gasteiger partial charge in [0.2, 0.25) is 0 Å². The van der Waals surface area contributed by atoms with E-state index in [0.29, 0.717) is 11.3 Å². The zero-order valence-corrected chi connectivity index (χ0v) is 35.6. The Kier molecular flexibility index (Phi) is 15.7. The van der Waals surface area contributed by atoms with Crippen LogP contribution in [0.5, 0.6) is 0 Å². The average Bonchev–Trinajstić information content (AvgIpc) is 3.51. The number of rotatable bonds is 2. The van der Waals surface area contributed by atoms with Gasteiger partial charge in [-0.2, -0.15) is 35.4 Å². The van der Waals surface area contributed by atoms with Crippen LogP contribution < -0.4 is 24.8 Å². The van der Waals surface area contributed by atoms with Crippen molar-refractivity contribution in [2.24, 2.45) is 11.3 Å². The van der Waals surface area contributed by atoms with Crippen LogP contribution in [0.1, 0.15) is 137 Å². The Bertz CT molecular complexity index is 1480. The van der Waals surface area contributed by atoms with Crippen molar-refractivity contribution in [2.75, 3.05) is 0 Å². The van der Waals surface area contributed by atoms with Gasteiger partial charge < -0.3 is 24.8 Å². The molecule has 3 heteroatoms. The van der Waals surface area contributed by atoms with Gasteiger partial charge in [0, 0.05) is 0 Å². The molecule has 1 unspecified atom stereocenters. The van der Waals surface area contributed by atoms with E-state index < -0.39 is 0 Å². The first-order chi connectivity index (χ1) is 20.6. The number of benzene rings is 3. The van der Waals surface area contributed by atoms with Crippen LogP contribution in [0.2, 0.25) is 0 Å². The van der Waals surface area contributed by atoms with Crippen molar-refractivity contribution in [2.45, 2.75) is 126 Å². The Morgan fingerprint density at radius 1 is 0.702 bits per heavy atom. The molecule has 0 heterocycles. The van der Waals surface area contributed by atoms with Gasteiger partial charge in [0.1, 0.15) is 0 Å². The molecule has 0 aromatic heterocycles. The summed E-state index contributed by atoms with van der Waals surface area (Å²) in [6, 6.07) is 24.0. The standard InChI is InChI=1S/C21H25.C12H19.C11H14.2ClH.Zr/c1-20(2,3)16-7-9-18-14(12-16)11-15-13-17(21(4,5)6)8-10-19(15)18;1-6-10-7-9(2)8-11(10)12(3,4)5;1-9-5-7-10(8-6-9)11(2,3)4;;;/h7-10,12H,11H2,1-6H3;8-9H,6H2,1-5H3;1,5-8H,2-4H3;2*1H;/q2*-1;;;;+2/p-2. The molecule has 254 valence electrons. The van der Waals surface area contributed by atoms with Crippen LogP contribution in [0.15, 0.2) is 71.8 Å². The van der Waals surface area contributed by atoms with Gasteiger partial charge in [0.15, 0.2) is 0 Å². The Labute approximate surface area is 316 Å². The van der Waals surface area contributed by atoms with Crippen molar-refractivity contribution in [3.05, 3.63) is 117 Å². The second-order valence-corrected chi connectivity index (χ2v) is 17.6. The van der Waals surface area contributed by atoms with E-state index in [4.69, 9.17) is 0 Å². The fraction of sp³-hybridized carbons (Fsp3) is 0.477. The Hall–Kier alpha value is -1.53. The van der Waals surface area contributed by atoms with Crippen LogP contribution in [0, 0.1) is 23.5 Å². The average molecular weight is 749 g/mol. The molecular formula is C44H58Cl2Zr-2. The molecule has 0 nitrogen and oxygen atoms in total. The van der Waals surface area contributed by atoms with Crippen molar-refractivity contribution in [3.8, 4) is 11.1 Å². The smallest absolute Gasteiger partial charge is 0.0642 e. The Balaban J connectivity index is 0.000000369. The number of hydrogen-bond acceptors (Lipinski definition) is 0. The molecule has 0 amide bonds. The van der Waals surface area contributed by atoms with Crippen LogP contribution in [0.4, 0.5) is 0 Å². The maximum absolute atomic E-state index is 3.67. The number of hydrogen-bond donors (Lipinski definition) is 0. The van der Waals surface area contributed by atoms with E-state index in [-0.39, 0.29) is 41.1 Å². The van der Waals surface area contributed by atoms with Crippen LogP contribution in [0.3, 0.4) is 0 Å². The van der Waals surface area contributed by atoms with Gasteiger partial charge in [0.25, 0.3) is 0 Å². The topological polar surface area (TPSA) is 0 Å². The van der Waals surface area contributed by atoms with E-state index >= 15 is 0 Å². The first kappa shape index (κ1) is 43.5. The second-order valence-electron chi connectivity index (χ2n) is 16.9. The first-order valence-corrected chi connectivity index (χ1v) is 18.2. The maximum atomic E-state index is 3.67. The third kappa shape index (κ3) is 11.8. The minimum atomic E-state index is 0. The molecule has 2 aliphatic rings. The van der Waals surface area contributed by atoms with Gasteiger partial charge in [-0.1, -0.05) is 118 Å². The largest absolute Gasteiger partial charge is 1.00 e. The van der Waals surface area contributed by atoms with Gasteiger partial charge in [0.05, 0.1) is 0 Å². The van der Waals surface area contributed by atoms with Gasteiger partial charge >= 0.3 is 89.5 Å². The number of allylic oxidation sites excluding steroid dienone is 4. The molecule has 0 aliphatic heterocycles. The fourth-order valence-corrected chi connectivity index (χ4v) is 6.32. The summed E-state index contributed by atoms with van der Waals surface area (Å²) in [6.07, 6.45) is 7.98. The monoisotopic (exact) mass is 746 g/mol. The second kappa shape index (κ2) is 16.9. The number of fused-ring (bicyclic) bond motifs is 3. The molecule has 0 spiro atoms. The summed E-state index contributed by atoms with van der Waals surface area (Å²) in [5, 5.41) is 0. The minimum Gasteiger partial charge on any atom is -1.00 e. The molecular weight excluding hydrogens is 691 g/mol. The molecule has 1 atom stereocenters. The third-order valence-corrected chi connectivity index (χ3v) is 9.53. The van der Waals surface area contributed by atoms with Crippen molar-refractivity contribution in [3.63, 3.8) is 0 Å². The molecule has 0 fully saturated rings. The molecule has 5 rings (SSSR count). The Morgan fingerprint density at radius 3 is 1.68 bits per heavy atom. The molecule has 0 saturated carbocycles. The normalized spacial score (nSPS) is 15.3. The first-order valence-electron chi connectivity index (χ1n) is 16.8. The predicted molar refractivity (Wildman–Crippen MR) is 195 cm³/mol. The van der Waals surface area contributed by atoms with E-state index in [1.54, 1.807) is 0 Å². The van der Waals surface area contributed by atoms with Crippen LogP contribution in [0.25, 0.3) is 11.1 Å². The molecule has 3 aromatic rings. The molecule has 0 radical (unpaired) electrons. The Morgan fingerprint density at radius 2 is 1.23 bits per heavy atom. The van der Waals surface area contributed by atoms with Gasteiger partial charge in [-0.15, -0.1) is 11.1 Å². The third-order valence-electron chi connectivity index (χ3n) is 8.71. The fourth-order valence-electron chi connectivity index (χ4n) is 5.85. The minimum absolute atomic E-state index is 0. The van der Waals surface area contributed by atoms with E-state index in [1.807, 2.05) is 0 Å². The SMILES string of the molecule is CC(C)(C)c1[c-]c2c(cc1)-c1ccc(C(C)(C)C)cc1C2.CC(C)(C)c1ccc([CH]=[Zr+2])cc1.CCC1=[C-]C(C)C=C1C(C)(C)C.[Cl-].[Cl-]. The summed E-state index contributed by atoms with van der Waals surface area (Å²) >= 11 is 1.46. The summed E-state index contributed by atoms with van der Waals surface area (Å²) in [5.41, 5.74) is 14.9. The van der Waals surface area contributed by atoms with Gasteiger partial charge in [-0.05, 0) is 28.4 Å². The molecule has 3 aromatic carbocycles. The van der Waals surface area contributed by atoms with Gasteiger partial charge in [-0.3, -0.25) is 6.08 Å². The summed E-state index contributed by atoms with van der Waals surface area (Å²) in [5.74, 6) is 0.522. The number of halogens is 2. The van der Waals surface area contributed by atoms with Crippen molar-refractivity contribution < 1.29 is 49.0 Å². The predicted octanol–water partition coefficient (Wildman–Crippen LogP) is 6.09.